The molecule has 0 bridgehead atoms. The van der Waals surface area contributed by atoms with Gasteiger partial charge in [0.05, 0.1) is 24.4 Å². The first-order valence-corrected chi connectivity index (χ1v) is 12.6. The van der Waals surface area contributed by atoms with Crippen molar-refractivity contribution in [2.45, 2.75) is 96.4 Å². The maximum absolute atomic E-state index is 12.3. The van der Waals surface area contributed by atoms with E-state index in [0.717, 1.165) is 43.3 Å². The number of esters is 1. The predicted octanol–water partition coefficient (Wildman–Crippen LogP) is 4.78. The molecular formula is C28H42O5. The zero-order chi connectivity index (χ0) is 24.2. The molecule has 0 radical (unpaired) electrons. The van der Waals surface area contributed by atoms with E-state index in [1.165, 1.54) is 11.6 Å². The zero-order valence-electron chi connectivity index (χ0n) is 20.6. The van der Waals surface area contributed by atoms with Gasteiger partial charge in [-0.25, -0.2) is 4.79 Å². The van der Waals surface area contributed by atoms with Crippen molar-refractivity contribution in [1.29, 1.82) is 0 Å². The Morgan fingerprint density at radius 2 is 1.97 bits per heavy atom. The third-order valence-electron chi connectivity index (χ3n) is 8.61. The third-order valence-corrected chi connectivity index (χ3v) is 8.61. The Morgan fingerprint density at radius 1 is 1.24 bits per heavy atom. The van der Waals surface area contributed by atoms with Gasteiger partial charge in [-0.2, -0.15) is 0 Å². The second-order valence-electron chi connectivity index (χ2n) is 10.5. The van der Waals surface area contributed by atoms with Crippen LogP contribution < -0.4 is 0 Å². The summed E-state index contributed by atoms with van der Waals surface area (Å²) in [5, 5.41) is 30.5. The summed E-state index contributed by atoms with van der Waals surface area (Å²) in [4.78, 5) is 12.3. The highest BCUT2D eigenvalue weighted by atomic mass is 16.5. The lowest BCUT2D eigenvalue weighted by molar-refractivity contribution is -0.140. The number of aliphatic hydroxyl groups is 3. The van der Waals surface area contributed by atoms with Crippen LogP contribution in [0.2, 0.25) is 0 Å². The monoisotopic (exact) mass is 458 g/mol. The molecule has 0 heterocycles. The molecule has 33 heavy (non-hydrogen) atoms. The van der Waals surface area contributed by atoms with Crippen molar-refractivity contribution in [1.82, 2.24) is 0 Å². The first kappa shape index (κ1) is 25.9. The molecule has 5 nitrogen and oxygen atoms in total. The number of hydrogen-bond acceptors (Lipinski definition) is 5. The predicted molar refractivity (Wildman–Crippen MR) is 130 cm³/mol. The van der Waals surface area contributed by atoms with Gasteiger partial charge in [-0.15, -0.1) is 0 Å². The summed E-state index contributed by atoms with van der Waals surface area (Å²) in [6.45, 7) is 10.6. The molecule has 5 atom stereocenters. The Morgan fingerprint density at radius 3 is 2.67 bits per heavy atom. The number of hydrogen-bond donors (Lipinski definition) is 3. The van der Waals surface area contributed by atoms with Crippen molar-refractivity contribution in [3.63, 3.8) is 0 Å². The highest BCUT2D eigenvalue weighted by molar-refractivity contribution is 5.82. The standard InChI is InChI=1S/C28H42O5/c1-5-28(32,6-2)15-13-26(31)33-18-22-11-12-24-20(8-7-14-27(22,24)4)9-10-21-16-23(29)17-25(30)19(21)3/h9-10,13,15,22-25,29-30,32H,3,5-8,11-12,14,16-18H2,1-2,4H3/b15-13+,20-9+,21-10-/t22-,23-,24+,25+,27-/m1/s1. The van der Waals surface area contributed by atoms with E-state index >= 15 is 0 Å². The Balaban J connectivity index is 1.65. The van der Waals surface area contributed by atoms with Crippen LogP contribution in [-0.4, -0.2) is 45.7 Å². The molecule has 184 valence electrons. The van der Waals surface area contributed by atoms with Gasteiger partial charge in [0.1, 0.15) is 0 Å². The van der Waals surface area contributed by atoms with E-state index in [-0.39, 0.29) is 11.4 Å². The fourth-order valence-corrected chi connectivity index (χ4v) is 6.02. The summed E-state index contributed by atoms with van der Waals surface area (Å²) in [6.07, 6.45) is 13.4. The van der Waals surface area contributed by atoms with Crippen LogP contribution in [-0.2, 0) is 9.53 Å². The topological polar surface area (TPSA) is 87.0 Å². The van der Waals surface area contributed by atoms with Crippen LogP contribution in [0.5, 0.6) is 0 Å². The van der Waals surface area contributed by atoms with Crippen molar-refractivity contribution in [3.05, 3.63) is 47.6 Å². The molecule has 3 N–H and O–H groups in total. The molecule has 0 aromatic carbocycles. The van der Waals surface area contributed by atoms with E-state index in [1.807, 2.05) is 13.8 Å². The zero-order valence-corrected chi connectivity index (χ0v) is 20.6. The molecule has 3 aliphatic carbocycles. The van der Waals surface area contributed by atoms with Crippen LogP contribution in [0.25, 0.3) is 0 Å². The van der Waals surface area contributed by atoms with Crippen LogP contribution in [0.4, 0.5) is 0 Å². The minimum Gasteiger partial charge on any atom is -0.462 e. The minimum atomic E-state index is -0.948. The molecule has 0 aromatic rings. The molecule has 0 aromatic heterocycles. The van der Waals surface area contributed by atoms with Gasteiger partial charge in [-0.1, -0.05) is 45.1 Å². The molecule has 3 rings (SSSR count). The van der Waals surface area contributed by atoms with Gasteiger partial charge in [0.25, 0.3) is 0 Å². The maximum Gasteiger partial charge on any atom is 0.330 e. The Kier molecular flexibility index (Phi) is 8.41. The van der Waals surface area contributed by atoms with E-state index < -0.39 is 17.8 Å². The molecular weight excluding hydrogens is 416 g/mol. The van der Waals surface area contributed by atoms with Crippen LogP contribution in [0.3, 0.4) is 0 Å². The fourth-order valence-electron chi connectivity index (χ4n) is 6.02. The van der Waals surface area contributed by atoms with Gasteiger partial charge < -0.3 is 20.1 Å². The second kappa shape index (κ2) is 10.7. The van der Waals surface area contributed by atoms with E-state index in [2.05, 4.69) is 25.7 Å². The highest BCUT2D eigenvalue weighted by Crippen LogP contribution is 2.57. The smallest absolute Gasteiger partial charge is 0.330 e. The van der Waals surface area contributed by atoms with Crippen molar-refractivity contribution >= 4 is 5.97 Å². The van der Waals surface area contributed by atoms with Crippen molar-refractivity contribution < 1.29 is 24.9 Å². The summed E-state index contributed by atoms with van der Waals surface area (Å²) < 4.78 is 5.62. The van der Waals surface area contributed by atoms with E-state index in [9.17, 15) is 20.1 Å². The average molecular weight is 459 g/mol. The van der Waals surface area contributed by atoms with Crippen molar-refractivity contribution in [2.24, 2.45) is 17.3 Å². The van der Waals surface area contributed by atoms with Crippen LogP contribution in [0, 0.1) is 17.3 Å². The normalized spacial score (nSPS) is 35.4. The molecule has 0 saturated heterocycles. The molecule has 0 aliphatic heterocycles. The van der Waals surface area contributed by atoms with Crippen LogP contribution in [0.15, 0.2) is 47.6 Å². The molecule has 5 heteroatoms. The number of carbonyl (C=O) groups is 1. The van der Waals surface area contributed by atoms with Crippen LogP contribution >= 0.6 is 0 Å². The first-order valence-electron chi connectivity index (χ1n) is 12.6. The lowest BCUT2D eigenvalue weighted by Crippen LogP contribution is -2.35. The molecule has 0 amide bonds. The summed E-state index contributed by atoms with van der Waals surface area (Å²) >= 11 is 0. The lowest BCUT2D eigenvalue weighted by atomic mass is 9.63. The number of carbonyl (C=O) groups excluding carboxylic acids is 1. The largest absolute Gasteiger partial charge is 0.462 e. The Labute approximate surface area is 198 Å². The molecule has 0 unspecified atom stereocenters. The van der Waals surface area contributed by atoms with Gasteiger partial charge in [-0.3, -0.25) is 0 Å². The molecule has 0 spiro atoms. The first-order chi connectivity index (χ1) is 15.6. The van der Waals surface area contributed by atoms with Crippen LogP contribution in [0.1, 0.15) is 78.6 Å². The van der Waals surface area contributed by atoms with Gasteiger partial charge in [0, 0.05) is 12.5 Å². The third kappa shape index (κ3) is 5.87. The quantitative estimate of drug-likeness (QED) is 0.378. The summed E-state index contributed by atoms with van der Waals surface area (Å²) in [7, 11) is 0. The maximum atomic E-state index is 12.3. The van der Waals surface area contributed by atoms with Gasteiger partial charge >= 0.3 is 5.97 Å². The average Bonchev–Trinajstić information content (AvgIpc) is 3.14. The van der Waals surface area contributed by atoms with Crippen molar-refractivity contribution in [2.75, 3.05) is 6.61 Å². The van der Waals surface area contributed by atoms with E-state index in [0.29, 0.717) is 44.1 Å². The second-order valence-corrected chi connectivity index (χ2v) is 10.5. The Hall–Kier alpha value is -1.69. The molecule has 3 fully saturated rings. The number of rotatable bonds is 7. The minimum absolute atomic E-state index is 0.1000. The summed E-state index contributed by atoms with van der Waals surface area (Å²) in [5.74, 6) is 0.395. The van der Waals surface area contributed by atoms with Gasteiger partial charge in [0.2, 0.25) is 0 Å². The van der Waals surface area contributed by atoms with Gasteiger partial charge in [0.15, 0.2) is 0 Å². The summed E-state index contributed by atoms with van der Waals surface area (Å²) in [5.41, 5.74) is 2.23. The van der Waals surface area contributed by atoms with Gasteiger partial charge in [-0.05, 0) is 85.8 Å². The fraction of sp³-hybridized carbons (Fsp3) is 0.679. The summed E-state index contributed by atoms with van der Waals surface area (Å²) in [6, 6.07) is 0. The molecule has 3 aliphatic rings. The van der Waals surface area contributed by atoms with E-state index in [1.54, 1.807) is 6.08 Å². The van der Waals surface area contributed by atoms with Crippen molar-refractivity contribution in [3.8, 4) is 0 Å². The number of aliphatic hydroxyl groups excluding tert-OH is 2. The lowest BCUT2D eigenvalue weighted by Gasteiger charge is -2.42. The number of fused-ring (bicyclic) bond motifs is 1. The number of ether oxygens (including phenoxy) is 1. The Bertz CT molecular complexity index is 818. The SMILES string of the molecule is C=C1/C(=C\C=C2/CCC[C@]3(C)[C@@H](COC(=O)/C=C/C(O)(CC)CC)CC[C@@H]23)C[C@@H](O)C[C@@H]1O. The number of allylic oxidation sites excluding steroid dienone is 3. The van der Waals surface area contributed by atoms with E-state index in [4.69, 9.17) is 4.74 Å². The molecule has 3 saturated carbocycles. The highest BCUT2D eigenvalue weighted by Gasteiger charge is 2.49.